The van der Waals surface area contributed by atoms with Crippen LogP contribution in [0.3, 0.4) is 0 Å². The molecule has 0 saturated carbocycles. The van der Waals surface area contributed by atoms with E-state index >= 15 is 0 Å². The molecule has 1 fully saturated rings. The molecule has 10 nitrogen and oxygen atoms in total. The van der Waals surface area contributed by atoms with E-state index in [9.17, 15) is 4.79 Å². The van der Waals surface area contributed by atoms with Crippen LogP contribution in [-0.4, -0.2) is 70.3 Å². The molecular weight excluding hydrogens is 721 g/mol. The third-order valence-electron chi connectivity index (χ3n) is 11.5. The van der Waals surface area contributed by atoms with E-state index in [0.717, 1.165) is 99.6 Å². The fraction of sp³-hybridized carbons (Fsp3) is 0.562. The lowest BCUT2D eigenvalue weighted by molar-refractivity contribution is -0.128. The van der Waals surface area contributed by atoms with Crippen molar-refractivity contribution >= 4 is 28.2 Å². The number of aromatic nitrogens is 2. The lowest BCUT2D eigenvalue weighted by Gasteiger charge is -2.42. The van der Waals surface area contributed by atoms with Crippen LogP contribution in [0.2, 0.25) is 0 Å². The summed E-state index contributed by atoms with van der Waals surface area (Å²) in [7, 11) is 1.95. The van der Waals surface area contributed by atoms with Crippen molar-refractivity contribution in [2.45, 2.75) is 132 Å². The van der Waals surface area contributed by atoms with Crippen molar-refractivity contribution in [1.82, 2.24) is 35.7 Å². The number of allylic oxidation sites excluding steroid dienone is 1. The number of hydrogen-bond acceptors (Lipinski definition) is 8. The second-order valence-electron chi connectivity index (χ2n) is 17.1. The normalized spacial score (nSPS) is 14.6. The Morgan fingerprint density at radius 3 is 2.53 bits per heavy atom. The minimum atomic E-state index is -0.301. The third-order valence-corrected chi connectivity index (χ3v) is 11.5. The highest BCUT2D eigenvalue weighted by atomic mass is 16.5. The number of unbranched alkanes of at least 4 members (excludes halogenated alkanes) is 3. The predicted molar refractivity (Wildman–Crippen MR) is 243 cm³/mol. The van der Waals surface area contributed by atoms with E-state index in [1.165, 1.54) is 34.1 Å². The number of terminal acetylenes is 1. The number of aryl methyl sites for hydroxylation is 1. The van der Waals surface area contributed by atoms with Gasteiger partial charge in [-0.3, -0.25) is 20.2 Å². The molecule has 2 aromatic heterocycles. The van der Waals surface area contributed by atoms with Gasteiger partial charge < -0.3 is 19.1 Å². The number of fused-ring (bicyclic) bond motifs is 1. The number of likely N-dealkylation sites (tertiary alicyclic amines) is 1. The van der Waals surface area contributed by atoms with Crippen molar-refractivity contribution in [3.63, 3.8) is 0 Å². The standard InChI is InChI=1S/C48H72N8O2/c1-13-35(7)44-39(24-21-27-49-44)46-41(32-48(10,11)33-58-16-4)40-31-38(25-26-43(40)56(46)15-3)42(14-2)51-36(8)23-19-17-18-20-28-50-53-52-47(57)45(34(5)6)54(12)37(9)55-29-22-30-55/h4,14,21,24-27,31,34-35,45,50,53H,9,13,15,17-20,22-23,28-30,32-33H2,1-3,5-8,10-12H3,(H,52,57)/b42-14-,51-36?. The highest BCUT2D eigenvalue weighted by Crippen LogP contribution is 2.41. The molecule has 1 aliphatic rings. The first-order valence-corrected chi connectivity index (χ1v) is 21.6. The number of benzene rings is 1. The molecule has 10 heteroatoms. The van der Waals surface area contributed by atoms with Crippen molar-refractivity contribution < 1.29 is 9.53 Å². The third kappa shape index (κ3) is 11.8. The summed E-state index contributed by atoms with van der Waals surface area (Å²) in [6.07, 6.45) is 20.2. The Morgan fingerprint density at radius 1 is 1.16 bits per heavy atom. The minimum absolute atomic E-state index is 0.0676. The smallest absolute Gasteiger partial charge is 0.258 e. The van der Waals surface area contributed by atoms with Gasteiger partial charge in [0.2, 0.25) is 0 Å². The monoisotopic (exact) mass is 793 g/mol. The lowest BCUT2D eigenvalue weighted by Crippen LogP contribution is -2.57. The summed E-state index contributed by atoms with van der Waals surface area (Å²) in [6.45, 7) is 27.8. The van der Waals surface area contributed by atoms with E-state index in [1.807, 2.05) is 18.1 Å². The van der Waals surface area contributed by atoms with Crippen LogP contribution in [0.1, 0.15) is 130 Å². The Morgan fingerprint density at radius 2 is 1.90 bits per heavy atom. The number of aliphatic imine (C=N–C) groups is 1. The van der Waals surface area contributed by atoms with Gasteiger partial charge in [0.25, 0.3) is 5.91 Å². The molecule has 0 aliphatic carbocycles. The van der Waals surface area contributed by atoms with Crippen molar-refractivity contribution in [3.05, 3.63) is 71.8 Å². The Balaban J connectivity index is 1.39. The van der Waals surface area contributed by atoms with Crippen LogP contribution in [0.4, 0.5) is 0 Å². The SMILES string of the molecule is C#COCC(C)(C)Cc1c(-c2cccnc2C(C)CC)n(CC)c2ccc(/C(=C/C)N=C(C)CCCCCCNNNC(=O)C(C(C)C)N(C)C(=C)N3CCC3)cc12. The molecule has 1 aromatic carbocycles. The molecule has 2 atom stereocenters. The second-order valence-corrected chi connectivity index (χ2v) is 17.1. The number of amides is 1. The number of nitrogens with one attached hydrogen (secondary N) is 3. The molecular formula is C48H72N8O2. The van der Waals surface area contributed by atoms with E-state index in [1.54, 1.807) is 0 Å². The first-order chi connectivity index (χ1) is 27.8. The number of likely N-dealkylation sites (N-methyl/N-ethyl adjacent to an activating group) is 1. The summed E-state index contributed by atoms with van der Waals surface area (Å²) < 4.78 is 7.99. The number of carbonyl (C=O) groups is 1. The number of hydrazine groups is 2. The maximum absolute atomic E-state index is 13.0. The van der Waals surface area contributed by atoms with Gasteiger partial charge in [0.15, 0.2) is 0 Å². The van der Waals surface area contributed by atoms with Crippen molar-refractivity contribution in [3.8, 4) is 23.8 Å². The zero-order chi connectivity index (χ0) is 42.4. The van der Waals surface area contributed by atoms with Crippen LogP contribution in [0.25, 0.3) is 27.9 Å². The Kier molecular flexibility index (Phi) is 17.5. The molecule has 0 spiro atoms. The molecule has 3 aromatic rings. The number of carbonyl (C=O) groups excluding carboxylic acids is 1. The van der Waals surface area contributed by atoms with Crippen LogP contribution in [-0.2, 0) is 22.5 Å². The van der Waals surface area contributed by atoms with E-state index in [-0.39, 0.29) is 23.3 Å². The Hall–Kier alpha value is -4.59. The van der Waals surface area contributed by atoms with Crippen LogP contribution in [0.5, 0.6) is 0 Å². The average molecular weight is 793 g/mol. The summed E-state index contributed by atoms with van der Waals surface area (Å²) in [5.74, 6) is 1.31. The zero-order valence-electron chi connectivity index (χ0n) is 37.3. The molecule has 0 radical (unpaired) electrons. The predicted octanol–water partition coefficient (Wildman–Crippen LogP) is 9.44. The summed E-state index contributed by atoms with van der Waals surface area (Å²) in [4.78, 5) is 27.3. The molecule has 58 heavy (non-hydrogen) atoms. The lowest BCUT2D eigenvalue weighted by atomic mass is 9.84. The fourth-order valence-electron chi connectivity index (χ4n) is 8.00. The van der Waals surface area contributed by atoms with E-state index < -0.39 is 0 Å². The molecule has 0 bridgehead atoms. The summed E-state index contributed by atoms with van der Waals surface area (Å²) in [6, 6.07) is 10.8. The van der Waals surface area contributed by atoms with Crippen molar-refractivity contribution in [1.29, 1.82) is 0 Å². The largest absolute Gasteiger partial charge is 0.446 e. The fourth-order valence-corrected chi connectivity index (χ4v) is 8.00. The van der Waals surface area contributed by atoms with Gasteiger partial charge in [-0.25, -0.2) is 5.43 Å². The Labute approximate surface area is 349 Å². The first kappa shape index (κ1) is 46.1. The summed E-state index contributed by atoms with van der Waals surface area (Å²) in [5, 5.41) is 1.23. The number of rotatable bonds is 24. The van der Waals surface area contributed by atoms with Crippen molar-refractivity contribution in [2.75, 3.05) is 33.3 Å². The van der Waals surface area contributed by atoms with E-state index in [2.05, 4.69) is 137 Å². The first-order valence-electron chi connectivity index (χ1n) is 21.6. The zero-order valence-corrected chi connectivity index (χ0v) is 37.3. The summed E-state index contributed by atoms with van der Waals surface area (Å²) >= 11 is 0. The maximum Gasteiger partial charge on any atom is 0.258 e. The minimum Gasteiger partial charge on any atom is -0.446 e. The highest BCUT2D eigenvalue weighted by Gasteiger charge is 2.31. The number of pyridine rings is 1. The number of ether oxygens (including phenoxy) is 1. The molecule has 2 unspecified atom stereocenters. The molecule has 1 saturated heterocycles. The average Bonchev–Trinajstić information content (AvgIpc) is 3.48. The Bertz CT molecular complexity index is 1930. The van der Waals surface area contributed by atoms with Crippen LogP contribution in [0, 0.1) is 23.9 Å². The molecule has 1 amide bonds. The van der Waals surface area contributed by atoms with Gasteiger partial charge >= 0.3 is 0 Å². The second kappa shape index (κ2) is 22.0. The van der Waals surface area contributed by atoms with Gasteiger partial charge in [0, 0.05) is 72.6 Å². The molecule has 1 aliphatic heterocycles. The molecule has 4 rings (SSSR count). The van der Waals surface area contributed by atoms with Gasteiger partial charge in [0.05, 0.1) is 22.9 Å². The van der Waals surface area contributed by atoms with Gasteiger partial charge in [-0.1, -0.05) is 79.5 Å². The highest BCUT2D eigenvalue weighted by molar-refractivity contribution is 5.95. The maximum atomic E-state index is 13.0. The van der Waals surface area contributed by atoms with Crippen LogP contribution >= 0.6 is 0 Å². The molecule has 3 heterocycles. The quantitative estimate of drug-likeness (QED) is 0.0360. The van der Waals surface area contributed by atoms with Gasteiger partial charge in [-0.2, -0.15) is 5.53 Å². The van der Waals surface area contributed by atoms with E-state index in [0.29, 0.717) is 12.5 Å². The topological polar surface area (TPSA) is 99.0 Å². The molecule has 3 N–H and O–H groups in total. The summed E-state index contributed by atoms with van der Waals surface area (Å²) in [5.41, 5.74) is 18.0. The van der Waals surface area contributed by atoms with Crippen LogP contribution < -0.4 is 16.4 Å². The van der Waals surface area contributed by atoms with E-state index in [4.69, 9.17) is 21.1 Å². The van der Waals surface area contributed by atoms with Crippen molar-refractivity contribution in [2.24, 2.45) is 16.3 Å². The van der Waals surface area contributed by atoms with Gasteiger partial charge in [0.1, 0.15) is 18.8 Å². The van der Waals surface area contributed by atoms with Gasteiger partial charge in [-0.15, -0.1) is 0 Å². The molecule has 316 valence electrons. The van der Waals surface area contributed by atoms with Gasteiger partial charge in [-0.05, 0) is 101 Å². The van der Waals surface area contributed by atoms with Crippen LogP contribution in [0.15, 0.2) is 60.0 Å². The number of nitrogens with zero attached hydrogens (tertiary/aromatic N) is 5. The number of hydrogen-bond donors (Lipinski definition) is 3.